The minimum atomic E-state index is 0.193. The van der Waals surface area contributed by atoms with Gasteiger partial charge in [0.2, 0.25) is 5.91 Å². The zero-order valence-corrected chi connectivity index (χ0v) is 11.9. The van der Waals surface area contributed by atoms with Crippen molar-refractivity contribution in [3.05, 3.63) is 11.5 Å². The molecule has 1 aromatic rings. The van der Waals surface area contributed by atoms with Gasteiger partial charge < -0.3 is 15.5 Å². The number of amides is 1. The third kappa shape index (κ3) is 3.07. The van der Waals surface area contributed by atoms with Crippen LogP contribution in [0, 0.1) is 0 Å². The molecule has 1 saturated heterocycles. The molecule has 6 nitrogen and oxygen atoms in total. The predicted octanol–water partition coefficient (Wildman–Crippen LogP) is 1.59. The van der Waals surface area contributed by atoms with Gasteiger partial charge in [-0.15, -0.1) is 0 Å². The summed E-state index contributed by atoms with van der Waals surface area (Å²) in [5.74, 6) is 0.872. The van der Waals surface area contributed by atoms with Crippen molar-refractivity contribution in [2.24, 2.45) is 0 Å². The van der Waals surface area contributed by atoms with Gasteiger partial charge in [-0.1, -0.05) is 18.5 Å². The highest BCUT2D eigenvalue weighted by atomic mass is 35.5. The molecule has 0 aromatic carbocycles. The van der Waals surface area contributed by atoms with Gasteiger partial charge in [-0.3, -0.25) is 4.79 Å². The van der Waals surface area contributed by atoms with Crippen LogP contribution >= 0.6 is 11.6 Å². The van der Waals surface area contributed by atoms with E-state index in [1.165, 1.54) is 6.33 Å². The summed E-state index contributed by atoms with van der Waals surface area (Å²) in [6.45, 7) is 3.38. The summed E-state index contributed by atoms with van der Waals surface area (Å²) in [5, 5.41) is 6.69. The van der Waals surface area contributed by atoms with Crippen molar-refractivity contribution in [2.45, 2.75) is 25.8 Å². The van der Waals surface area contributed by atoms with Crippen LogP contribution in [0.15, 0.2) is 6.33 Å². The quantitative estimate of drug-likeness (QED) is 0.821. The van der Waals surface area contributed by atoms with E-state index in [0.29, 0.717) is 29.6 Å². The van der Waals surface area contributed by atoms with Gasteiger partial charge in [-0.05, 0) is 6.42 Å². The number of likely N-dealkylation sites (tertiary alicyclic amines) is 1. The maximum atomic E-state index is 11.6. The van der Waals surface area contributed by atoms with E-state index in [0.717, 1.165) is 13.0 Å². The van der Waals surface area contributed by atoms with Crippen molar-refractivity contribution in [3.8, 4) is 0 Å². The molecule has 0 spiro atoms. The standard InChI is InChI=1S/C12H18ClN5O/c1-3-9(19)18-5-4-8(6-18)17-12-10(14-2)11(13)15-7-16-12/h7-8,14H,3-6H2,1-2H3,(H,15,16,17). The molecule has 0 saturated carbocycles. The van der Waals surface area contributed by atoms with Gasteiger partial charge in [0.05, 0.1) is 0 Å². The number of halogens is 1. The molecule has 1 aliphatic heterocycles. The van der Waals surface area contributed by atoms with Crippen molar-refractivity contribution in [1.82, 2.24) is 14.9 Å². The number of carbonyl (C=O) groups excluding carboxylic acids is 1. The molecule has 1 atom stereocenters. The van der Waals surface area contributed by atoms with E-state index in [2.05, 4.69) is 20.6 Å². The van der Waals surface area contributed by atoms with Gasteiger partial charge in [0, 0.05) is 32.6 Å². The van der Waals surface area contributed by atoms with E-state index in [9.17, 15) is 4.79 Å². The van der Waals surface area contributed by atoms with Crippen molar-refractivity contribution in [3.63, 3.8) is 0 Å². The van der Waals surface area contributed by atoms with Crippen LogP contribution in [0.4, 0.5) is 11.5 Å². The maximum absolute atomic E-state index is 11.6. The molecule has 1 fully saturated rings. The molecule has 2 rings (SSSR count). The Kier molecular flexibility index (Phi) is 4.42. The van der Waals surface area contributed by atoms with E-state index in [4.69, 9.17) is 11.6 Å². The minimum absolute atomic E-state index is 0.193. The monoisotopic (exact) mass is 283 g/mol. The number of hydrogen-bond donors (Lipinski definition) is 2. The number of hydrogen-bond acceptors (Lipinski definition) is 5. The zero-order valence-electron chi connectivity index (χ0n) is 11.1. The summed E-state index contributed by atoms with van der Waals surface area (Å²) in [4.78, 5) is 21.6. The molecule has 1 aromatic heterocycles. The molecule has 0 radical (unpaired) electrons. The largest absolute Gasteiger partial charge is 0.383 e. The van der Waals surface area contributed by atoms with Gasteiger partial charge in [0.25, 0.3) is 0 Å². The van der Waals surface area contributed by atoms with Gasteiger partial charge in [0.15, 0.2) is 11.0 Å². The summed E-state index contributed by atoms with van der Waals surface area (Å²) in [6, 6.07) is 0.202. The van der Waals surface area contributed by atoms with Gasteiger partial charge >= 0.3 is 0 Å². The second-order valence-electron chi connectivity index (χ2n) is 4.46. The fourth-order valence-corrected chi connectivity index (χ4v) is 2.44. The number of carbonyl (C=O) groups is 1. The number of nitrogens with zero attached hydrogens (tertiary/aromatic N) is 3. The summed E-state index contributed by atoms with van der Waals surface area (Å²) in [7, 11) is 1.78. The molecule has 1 aliphatic rings. The van der Waals surface area contributed by atoms with Crippen LogP contribution < -0.4 is 10.6 Å². The first kappa shape index (κ1) is 13.9. The molecule has 1 amide bonds. The Labute approximate surface area is 117 Å². The Bertz CT molecular complexity index is 467. The van der Waals surface area contributed by atoms with Crippen LogP contribution in [-0.4, -0.2) is 47.0 Å². The number of anilines is 2. The lowest BCUT2D eigenvalue weighted by Crippen LogP contribution is -2.31. The second kappa shape index (κ2) is 6.06. The Hall–Kier alpha value is -1.56. The number of aromatic nitrogens is 2. The Balaban J connectivity index is 2.03. The molecule has 7 heteroatoms. The summed E-state index contributed by atoms with van der Waals surface area (Å²) in [5.41, 5.74) is 0.685. The molecule has 0 aliphatic carbocycles. The van der Waals surface area contributed by atoms with Gasteiger partial charge in [-0.25, -0.2) is 9.97 Å². The van der Waals surface area contributed by atoms with Crippen LogP contribution in [0.5, 0.6) is 0 Å². The summed E-state index contributed by atoms with van der Waals surface area (Å²) in [6.07, 6.45) is 2.89. The topological polar surface area (TPSA) is 70.2 Å². The molecule has 1 unspecified atom stereocenters. The smallest absolute Gasteiger partial charge is 0.222 e. The lowest BCUT2D eigenvalue weighted by atomic mass is 10.2. The first-order valence-corrected chi connectivity index (χ1v) is 6.76. The second-order valence-corrected chi connectivity index (χ2v) is 4.82. The summed E-state index contributed by atoms with van der Waals surface area (Å²) < 4.78 is 0. The molecule has 19 heavy (non-hydrogen) atoms. The highest BCUT2D eigenvalue weighted by Gasteiger charge is 2.26. The minimum Gasteiger partial charge on any atom is -0.383 e. The van der Waals surface area contributed by atoms with Gasteiger partial charge in [0.1, 0.15) is 12.0 Å². The summed E-state index contributed by atoms with van der Waals surface area (Å²) >= 11 is 6.00. The van der Waals surface area contributed by atoms with Crippen LogP contribution in [-0.2, 0) is 4.79 Å². The predicted molar refractivity (Wildman–Crippen MR) is 75.5 cm³/mol. The van der Waals surface area contributed by atoms with Crippen molar-refractivity contribution >= 4 is 29.0 Å². The van der Waals surface area contributed by atoms with Crippen LogP contribution in [0.2, 0.25) is 5.15 Å². The average molecular weight is 284 g/mol. The van der Waals surface area contributed by atoms with Crippen molar-refractivity contribution < 1.29 is 4.79 Å². The fourth-order valence-electron chi connectivity index (χ4n) is 2.22. The number of rotatable bonds is 4. The maximum Gasteiger partial charge on any atom is 0.222 e. The van der Waals surface area contributed by atoms with E-state index in [-0.39, 0.29) is 11.9 Å². The van der Waals surface area contributed by atoms with Crippen molar-refractivity contribution in [1.29, 1.82) is 0 Å². The molecule has 0 bridgehead atoms. The van der Waals surface area contributed by atoms with Crippen molar-refractivity contribution in [2.75, 3.05) is 30.8 Å². The SMILES string of the molecule is CCC(=O)N1CCC(Nc2ncnc(Cl)c2NC)C1. The van der Waals surface area contributed by atoms with Crippen LogP contribution in [0.1, 0.15) is 19.8 Å². The van der Waals surface area contributed by atoms with Crippen LogP contribution in [0.3, 0.4) is 0 Å². The Morgan fingerprint density at radius 2 is 2.37 bits per heavy atom. The third-order valence-electron chi connectivity index (χ3n) is 3.24. The first-order chi connectivity index (χ1) is 9.15. The highest BCUT2D eigenvalue weighted by Crippen LogP contribution is 2.27. The van der Waals surface area contributed by atoms with E-state index in [1.54, 1.807) is 7.05 Å². The highest BCUT2D eigenvalue weighted by molar-refractivity contribution is 6.32. The normalized spacial score (nSPS) is 18.5. The fraction of sp³-hybridized carbons (Fsp3) is 0.583. The van der Waals surface area contributed by atoms with E-state index < -0.39 is 0 Å². The number of nitrogens with one attached hydrogen (secondary N) is 2. The lowest BCUT2D eigenvalue weighted by molar-refractivity contribution is -0.129. The van der Waals surface area contributed by atoms with E-state index in [1.807, 2.05) is 11.8 Å². The Morgan fingerprint density at radius 1 is 1.58 bits per heavy atom. The Morgan fingerprint density at radius 3 is 3.05 bits per heavy atom. The molecule has 104 valence electrons. The average Bonchev–Trinajstić information content (AvgIpc) is 2.87. The molecular weight excluding hydrogens is 266 g/mol. The molecular formula is C12H18ClN5O. The molecule has 2 N–H and O–H groups in total. The van der Waals surface area contributed by atoms with E-state index >= 15 is 0 Å². The lowest BCUT2D eigenvalue weighted by Gasteiger charge is -2.18. The first-order valence-electron chi connectivity index (χ1n) is 6.38. The molecule has 2 heterocycles. The zero-order chi connectivity index (χ0) is 13.8. The third-order valence-corrected chi connectivity index (χ3v) is 3.52. The van der Waals surface area contributed by atoms with Gasteiger partial charge in [-0.2, -0.15) is 0 Å². The van der Waals surface area contributed by atoms with Crippen LogP contribution in [0.25, 0.3) is 0 Å².